The number of allylic oxidation sites excluding steroid dienone is 2. The maximum Gasteiger partial charge on any atom is 0.278 e. The van der Waals surface area contributed by atoms with Gasteiger partial charge in [0.2, 0.25) is 6.29 Å². The summed E-state index contributed by atoms with van der Waals surface area (Å²) in [7, 11) is -1.33. The van der Waals surface area contributed by atoms with Gasteiger partial charge >= 0.3 is 0 Å². The molecule has 0 atom stereocenters. The number of benzene rings is 2. The first-order chi connectivity index (χ1) is 11.3. The average Bonchev–Trinajstić information content (AvgIpc) is 2.44. The minimum Gasteiger partial charge on any atom is -0.500 e. The van der Waals surface area contributed by atoms with Gasteiger partial charge in [-0.05, 0) is 48.5 Å². The van der Waals surface area contributed by atoms with Gasteiger partial charge in [-0.1, -0.05) is 74.1 Å². The molecule has 0 spiro atoms. The van der Waals surface area contributed by atoms with E-state index in [0.29, 0.717) is 0 Å². The van der Waals surface area contributed by atoms with Gasteiger partial charge in [-0.3, -0.25) is 0 Å². The van der Waals surface area contributed by atoms with Crippen LogP contribution in [0.3, 0.4) is 0 Å². The largest absolute Gasteiger partial charge is 0.500 e. The fourth-order valence-corrected chi connectivity index (χ4v) is 5.93. The summed E-state index contributed by atoms with van der Waals surface area (Å²) in [6.45, 7) is 15.2. The lowest BCUT2D eigenvalue weighted by atomic mass is 10.1. The number of carbonyl (C=O) groups excluding carboxylic acids is 1. The summed E-state index contributed by atoms with van der Waals surface area (Å²) >= 11 is 0. The van der Waals surface area contributed by atoms with Gasteiger partial charge < -0.3 is 4.11 Å². The molecule has 0 bridgehead atoms. The molecule has 0 aromatic heterocycles. The third-order valence-corrected chi connectivity index (χ3v) is 7.12. The van der Waals surface area contributed by atoms with Crippen LogP contribution in [0.2, 0.25) is 0 Å². The van der Waals surface area contributed by atoms with Crippen LogP contribution in [0, 0.1) is 41.5 Å². The zero-order valence-corrected chi connectivity index (χ0v) is 16.9. The topological polar surface area (TPSA) is 11.3 Å². The lowest BCUT2D eigenvalue weighted by Crippen LogP contribution is -2.48. The Bertz CT molecular complexity index is 696. The van der Waals surface area contributed by atoms with Gasteiger partial charge in [0.05, 0.1) is 0 Å². The summed E-state index contributed by atoms with van der Waals surface area (Å²) in [6.07, 6.45) is 5.83. The molecule has 1 nitrogen and oxygen atoms in total. The molecular weight excluding hydrogens is 308 g/mol. The highest BCUT2D eigenvalue weighted by molar-refractivity contribution is 6.79. The highest BCUT2D eigenvalue weighted by Gasteiger charge is 2.21. The van der Waals surface area contributed by atoms with Crippen LogP contribution >= 0.6 is 0 Å². The van der Waals surface area contributed by atoms with Crippen LogP contribution in [0.5, 0.6) is 0 Å². The fourth-order valence-electron chi connectivity index (χ4n) is 3.51. The molecule has 0 unspecified atom stereocenters. The van der Waals surface area contributed by atoms with Gasteiger partial charge in [-0.2, -0.15) is 0 Å². The van der Waals surface area contributed by atoms with E-state index in [0.717, 1.165) is 0 Å². The fraction of sp³-hybridized carbons (Fsp3) is 0.318. The summed E-state index contributed by atoms with van der Waals surface area (Å²) in [5, 5.41) is 2.75. The third-order valence-electron chi connectivity index (χ3n) is 4.27. The highest BCUT2D eigenvalue weighted by atomic mass is 28.3. The Morgan fingerprint density at radius 3 is 1.42 bits per heavy atom. The zero-order valence-electron chi connectivity index (χ0n) is 15.9. The van der Waals surface area contributed by atoms with Gasteiger partial charge in [0, 0.05) is 6.08 Å². The quantitative estimate of drug-likeness (QED) is 0.347. The van der Waals surface area contributed by atoms with E-state index in [4.69, 9.17) is 4.11 Å². The van der Waals surface area contributed by atoms with Crippen LogP contribution in [0.25, 0.3) is 0 Å². The summed E-state index contributed by atoms with van der Waals surface area (Å²) in [5.41, 5.74) is 7.93. The first-order valence-corrected chi connectivity index (χ1v) is 9.90. The molecule has 0 saturated heterocycles. The van der Waals surface area contributed by atoms with Crippen LogP contribution in [0.4, 0.5) is 0 Å². The Hall–Kier alpha value is -1.93. The van der Waals surface area contributed by atoms with Crippen molar-refractivity contribution in [3.63, 3.8) is 0 Å². The molecule has 0 radical (unpaired) electrons. The van der Waals surface area contributed by atoms with Crippen LogP contribution in [0.15, 0.2) is 36.4 Å². The maximum atomic E-state index is 6.35. The van der Waals surface area contributed by atoms with E-state index in [1.165, 1.54) is 43.8 Å². The Kier molecular flexibility index (Phi) is 5.95. The second kappa shape index (κ2) is 7.76. The van der Waals surface area contributed by atoms with Crippen molar-refractivity contribution in [1.82, 2.24) is 0 Å². The number of aryl methyl sites for hydroxylation is 6. The molecule has 2 aromatic carbocycles. The molecule has 0 fully saturated rings. The summed E-state index contributed by atoms with van der Waals surface area (Å²) in [6, 6.07) is 9.07. The summed E-state index contributed by atoms with van der Waals surface area (Å²) in [5.74, 6) is 0. The van der Waals surface area contributed by atoms with Crippen LogP contribution in [0.1, 0.15) is 40.3 Å². The van der Waals surface area contributed by atoms with Crippen molar-refractivity contribution in [2.24, 2.45) is 0 Å². The standard InChI is InChI=1S/C22H28OSi/c1-8-9-10-23-24(21-17(4)11-15(2)12-18(21)5)22-19(6)13-16(3)14-20(22)7/h8-14H,1-7H3/b9-8+. The lowest BCUT2D eigenvalue weighted by molar-refractivity contribution is -0.281. The first kappa shape index (κ1) is 18.4. The van der Waals surface area contributed by atoms with Crippen molar-refractivity contribution in [2.75, 3.05) is 0 Å². The van der Waals surface area contributed by atoms with Crippen molar-refractivity contribution in [3.8, 4) is 0 Å². The molecule has 0 aliphatic heterocycles. The Morgan fingerprint density at radius 1 is 0.708 bits per heavy atom. The van der Waals surface area contributed by atoms with Crippen LogP contribution in [-0.2, 0) is 4.11 Å². The van der Waals surface area contributed by atoms with Crippen molar-refractivity contribution < 1.29 is 4.11 Å². The molecule has 0 saturated carbocycles. The molecule has 0 aliphatic carbocycles. The first-order valence-electron chi connectivity index (χ1n) is 8.49. The smallest absolute Gasteiger partial charge is 0.278 e. The minimum absolute atomic E-state index is 1.31. The van der Waals surface area contributed by atoms with Gasteiger partial charge in [-0.15, -0.1) is 0 Å². The molecule has 24 heavy (non-hydrogen) atoms. The van der Waals surface area contributed by atoms with Gasteiger partial charge in [0.25, 0.3) is 9.04 Å². The summed E-state index contributed by atoms with van der Waals surface area (Å²) < 4.78 is 6.35. The average molecular weight is 337 g/mol. The number of hydrogen-bond acceptors (Lipinski definition) is 0. The molecule has 126 valence electrons. The van der Waals surface area contributed by atoms with E-state index in [9.17, 15) is 0 Å². The molecule has 2 heteroatoms. The predicted octanol–water partition coefficient (Wildman–Crippen LogP) is 3.95. The normalized spacial score (nSPS) is 11.6. The third kappa shape index (κ3) is 3.93. The number of rotatable bonds is 4. The molecule has 0 N–H and O–H groups in total. The SMILES string of the molecule is C/C=C/C=[O+][Si-](c1c(C)cc(C)cc1C)c1c(C)cc(C)cc1C. The van der Waals surface area contributed by atoms with E-state index >= 15 is 0 Å². The van der Waals surface area contributed by atoms with Crippen molar-refractivity contribution in [3.05, 3.63) is 69.8 Å². The van der Waals surface area contributed by atoms with Gasteiger partial charge in [0.15, 0.2) is 0 Å². The lowest BCUT2D eigenvalue weighted by Gasteiger charge is -2.24. The van der Waals surface area contributed by atoms with Crippen molar-refractivity contribution in [2.45, 2.75) is 48.5 Å². The second-order valence-corrected chi connectivity index (χ2v) is 8.55. The van der Waals surface area contributed by atoms with E-state index < -0.39 is 9.04 Å². The maximum absolute atomic E-state index is 6.35. The Labute approximate surface area is 148 Å². The molecule has 0 amide bonds. The van der Waals surface area contributed by atoms with Crippen LogP contribution in [-0.4, -0.2) is 15.3 Å². The van der Waals surface area contributed by atoms with Crippen molar-refractivity contribution >= 4 is 25.7 Å². The van der Waals surface area contributed by atoms with E-state index in [-0.39, 0.29) is 0 Å². The summed E-state index contributed by atoms with van der Waals surface area (Å²) in [4.78, 5) is 0. The zero-order chi connectivity index (χ0) is 17.9. The predicted molar refractivity (Wildman–Crippen MR) is 107 cm³/mol. The van der Waals surface area contributed by atoms with Crippen LogP contribution < -0.4 is 10.4 Å². The molecule has 2 aromatic rings. The van der Waals surface area contributed by atoms with E-state index in [1.54, 1.807) is 0 Å². The molecule has 0 aliphatic rings. The number of aldehydes is 1. The monoisotopic (exact) mass is 336 g/mol. The highest BCUT2D eigenvalue weighted by Crippen LogP contribution is 2.11. The van der Waals surface area contributed by atoms with Gasteiger partial charge in [0.1, 0.15) is 0 Å². The van der Waals surface area contributed by atoms with Crippen molar-refractivity contribution in [1.29, 1.82) is 0 Å². The molecular formula is C22H28OSi. The Balaban J connectivity index is 2.72. The number of hydrogen-bond donors (Lipinski definition) is 0. The molecule has 0 heterocycles. The Morgan fingerprint density at radius 2 is 1.08 bits per heavy atom. The van der Waals surface area contributed by atoms with Gasteiger partial charge in [-0.25, -0.2) is 0 Å². The minimum atomic E-state index is -1.33. The van der Waals surface area contributed by atoms with E-state index in [2.05, 4.69) is 65.8 Å². The van der Waals surface area contributed by atoms with E-state index in [1.807, 2.05) is 25.4 Å². The molecule has 2 rings (SSSR count). The second-order valence-electron chi connectivity index (χ2n) is 6.66.